The van der Waals surface area contributed by atoms with Crippen LogP contribution >= 0.6 is 11.6 Å². The van der Waals surface area contributed by atoms with Crippen LogP contribution in [0.15, 0.2) is 0 Å². The number of unbranched alkanes of at least 4 members (excludes halogenated alkanes) is 5. The van der Waals surface area contributed by atoms with Crippen molar-refractivity contribution in [1.82, 2.24) is 5.32 Å². The molecule has 104 valence electrons. The maximum atomic E-state index is 6.28. The van der Waals surface area contributed by atoms with Gasteiger partial charge in [0.2, 0.25) is 0 Å². The average molecular weight is 262 g/mol. The zero-order valence-corrected chi connectivity index (χ0v) is 13.1. The number of alkyl halides is 1. The Morgan fingerprint density at radius 3 is 2.18 bits per heavy atom. The van der Waals surface area contributed by atoms with Gasteiger partial charge in [-0.05, 0) is 24.8 Å². The van der Waals surface area contributed by atoms with Gasteiger partial charge < -0.3 is 5.32 Å². The molecule has 0 saturated carbocycles. The number of hydrogen-bond donors (Lipinski definition) is 1. The van der Waals surface area contributed by atoms with Gasteiger partial charge in [-0.25, -0.2) is 0 Å². The topological polar surface area (TPSA) is 12.0 Å². The van der Waals surface area contributed by atoms with Crippen LogP contribution < -0.4 is 5.32 Å². The molecule has 17 heavy (non-hydrogen) atoms. The molecule has 0 aromatic carbocycles. The molecule has 0 fully saturated rings. The van der Waals surface area contributed by atoms with Gasteiger partial charge in [0, 0.05) is 11.9 Å². The van der Waals surface area contributed by atoms with Crippen molar-refractivity contribution in [3.8, 4) is 0 Å². The maximum absolute atomic E-state index is 6.28. The smallest absolute Gasteiger partial charge is 0.0465 e. The predicted octanol–water partition coefficient (Wildman–Crippen LogP) is 4.98. The van der Waals surface area contributed by atoms with E-state index in [0.29, 0.717) is 5.41 Å². The Labute approximate surface area is 114 Å². The molecule has 0 spiro atoms. The second-order valence-corrected chi connectivity index (χ2v) is 6.95. The Bertz CT molecular complexity index is 163. The molecule has 0 radical (unpaired) electrons. The molecule has 0 aromatic rings. The third-order valence-electron chi connectivity index (χ3n) is 2.91. The van der Waals surface area contributed by atoms with Crippen molar-refractivity contribution < 1.29 is 0 Å². The molecule has 0 aliphatic carbocycles. The molecule has 0 rings (SSSR count). The third-order valence-corrected chi connectivity index (χ3v) is 3.22. The zero-order valence-electron chi connectivity index (χ0n) is 12.3. The first-order chi connectivity index (χ1) is 7.95. The summed E-state index contributed by atoms with van der Waals surface area (Å²) in [6.07, 6.45) is 9.25. The molecule has 0 amide bonds. The fourth-order valence-electron chi connectivity index (χ4n) is 2.03. The molecule has 0 aliphatic rings. The van der Waals surface area contributed by atoms with Gasteiger partial charge in [0.1, 0.15) is 0 Å². The van der Waals surface area contributed by atoms with Gasteiger partial charge in [-0.1, -0.05) is 59.8 Å². The second-order valence-electron chi connectivity index (χ2n) is 6.33. The lowest BCUT2D eigenvalue weighted by Gasteiger charge is -2.22. The summed E-state index contributed by atoms with van der Waals surface area (Å²) in [5, 5.41) is 3.74. The van der Waals surface area contributed by atoms with Crippen LogP contribution in [-0.4, -0.2) is 18.5 Å². The Morgan fingerprint density at radius 2 is 1.59 bits per heavy atom. The van der Waals surface area contributed by atoms with Crippen molar-refractivity contribution in [1.29, 1.82) is 0 Å². The quantitative estimate of drug-likeness (QED) is 0.432. The minimum Gasteiger partial charge on any atom is -0.315 e. The molecule has 0 heterocycles. The highest BCUT2D eigenvalue weighted by atomic mass is 35.5. The molecule has 0 saturated heterocycles. The molecule has 1 unspecified atom stereocenters. The third kappa shape index (κ3) is 14.2. The molecule has 0 aromatic heterocycles. The Kier molecular flexibility index (Phi) is 10.3. The Balaban J connectivity index is 3.22. The van der Waals surface area contributed by atoms with E-state index in [4.69, 9.17) is 11.6 Å². The molecule has 1 nitrogen and oxygen atoms in total. The Morgan fingerprint density at radius 1 is 1.00 bits per heavy atom. The van der Waals surface area contributed by atoms with E-state index in [1.54, 1.807) is 0 Å². The van der Waals surface area contributed by atoms with Crippen molar-refractivity contribution in [2.24, 2.45) is 5.41 Å². The molecular weight excluding hydrogens is 230 g/mol. The fraction of sp³-hybridized carbons (Fsp3) is 1.00. The first kappa shape index (κ1) is 17.2. The van der Waals surface area contributed by atoms with E-state index in [1.807, 2.05) is 0 Å². The average Bonchev–Trinajstić information content (AvgIpc) is 2.19. The van der Waals surface area contributed by atoms with Gasteiger partial charge in [-0.3, -0.25) is 0 Å². The fourth-order valence-corrected chi connectivity index (χ4v) is 2.60. The molecule has 0 bridgehead atoms. The van der Waals surface area contributed by atoms with Crippen molar-refractivity contribution in [3.05, 3.63) is 0 Å². The van der Waals surface area contributed by atoms with Gasteiger partial charge >= 0.3 is 0 Å². The molecule has 0 aliphatic heterocycles. The van der Waals surface area contributed by atoms with Gasteiger partial charge in [0.15, 0.2) is 0 Å². The molecule has 1 N–H and O–H groups in total. The van der Waals surface area contributed by atoms with Crippen LogP contribution in [0.5, 0.6) is 0 Å². The summed E-state index contributed by atoms with van der Waals surface area (Å²) in [6.45, 7) is 11.1. The van der Waals surface area contributed by atoms with Crippen LogP contribution in [0.3, 0.4) is 0 Å². The predicted molar refractivity (Wildman–Crippen MR) is 80.0 cm³/mol. The minimum atomic E-state index is 0.273. The Hall–Kier alpha value is 0.250. The lowest BCUT2D eigenvalue weighted by Crippen LogP contribution is -2.27. The largest absolute Gasteiger partial charge is 0.315 e. The number of nitrogens with one attached hydrogen (secondary N) is 1. The number of rotatable bonds is 10. The van der Waals surface area contributed by atoms with Gasteiger partial charge in [-0.2, -0.15) is 0 Å². The second kappa shape index (κ2) is 10.2. The van der Waals surface area contributed by atoms with E-state index in [1.165, 1.54) is 38.5 Å². The summed E-state index contributed by atoms with van der Waals surface area (Å²) < 4.78 is 0. The number of halogens is 1. The summed E-state index contributed by atoms with van der Waals surface area (Å²) in [5.74, 6) is 0. The monoisotopic (exact) mass is 261 g/mol. The van der Waals surface area contributed by atoms with E-state index >= 15 is 0 Å². The standard InChI is InChI=1S/C15H32ClN/c1-5-6-7-8-9-10-11-17-13-14(16)12-15(2,3)4/h14,17H,5-13H2,1-4H3. The van der Waals surface area contributed by atoms with E-state index in [2.05, 4.69) is 33.0 Å². The van der Waals surface area contributed by atoms with E-state index in [9.17, 15) is 0 Å². The van der Waals surface area contributed by atoms with E-state index < -0.39 is 0 Å². The first-order valence-electron chi connectivity index (χ1n) is 7.30. The van der Waals surface area contributed by atoms with Crippen LogP contribution in [0.2, 0.25) is 0 Å². The molecular formula is C15H32ClN. The normalized spacial score (nSPS) is 13.9. The minimum absolute atomic E-state index is 0.273. The molecule has 2 heteroatoms. The first-order valence-corrected chi connectivity index (χ1v) is 7.74. The summed E-state index contributed by atoms with van der Waals surface area (Å²) in [4.78, 5) is 0. The molecule has 1 atom stereocenters. The van der Waals surface area contributed by atoms with Crippen molar-refractivity contribution in [2.75, 3.05) is 13.1 Å². The van der Waals surface area contributed by atoms with E-state index in [-0.39, 0.29) is 5.38 Å². The van der Waals surface area contributed by atoms with Crippen molar-refractivity contribution in [3.63, 3.8) is 0 Å². The summed E-state index contributed by atoms with van der Waals surface area (Å²) in [6, 6.07) is 0. The van der Waals surface area contributed by atoms with Crippen LogP contribution in [0.4, 0.5) is 0 Å². The maximum Gasteiger partial charge on any atom is 0.0465 e. The summed E-state index contributed by atoms with van der Waals surface area (Å²) >= 11 is 6.28. The van der Waals surface area contributed by atoms with Crippen molar-refractivity contribution in [2.45, 2.75) is 78.0 Å². The highest BCUT2D eigenvalue weighted by Crippen LogP contribution is 2.23. The lowest BCUT2D eigenvalue weighted by molar-refractivity contribution is 0.364. The van der Waals surface area contributed by atoms with Crippen LogP contribution in [0.1, 0.15) is 72.6 Å². The van der Waals surface area contributed by atoms with Crippen LogP contribution in [0.25, 0.3) is 0 Å². The summed E-state index contributed by atoms with van der Waals surface area (Å²) in [7, 11) is 0. The SMILES string of the molecule is CCCCCCCCNCC(Cl)CC(C)(C)C. The summed E-state index contributed by atoms with van der Waals surface area (Å²) in [5.41, 5.74) is 0.342. The van der Waals surface area contributed by atoms with Crippen molar-refractivity contribution >= 4 is 11.6 Å². The van der Waals surface area contributed by atoms with Crippen LogP contribution in [0, 0.1) is 5.41 Å². The number of hydrogen-bond acceptors (Lipinski definition) is 1. The highest BCUT2D eigenvalue weighted by molar-refractivity contribution is 6.20. The van der Waals surface area contributed by atoms with Gasteiger partial charge in [-0.15, -0.1) is 11.6 Å². The van der Waals surface area contributed by atoms with E-state index in [0.717, 1.165) is 19.5 Å². The van der Waals surface area contributed by atoms with Gasteiger partial charge in [0.25, 0.3) is 0 Å². The lowest BCUT2D eigenvalue weighted by atomic mass is 9.90. The van der Waals surface area contributed by atoms with Crippen LogP contribution in [-0.2, 0) is 0 Å². The highest BCUT2D eigenvalue weighted by Gasteiger charge is 2.16. The zero-order chi connectivity index (χ0) is 13.1. The van der Waals surface area contributed by atoms with Gasteiger partial charge in [0.05, 0.1) is 0 Å².